The van der Waals surface area contributed by atoms with Gasteiger partial charge in [0.2, 0.25) is 24.1 Å². The van der Waals surface area contributed by atoms with Gasteiger partial charge in [-0.05, 0) is 18.1 Å². The molecule has 0 aliphatic heterocycles. The minimum absolute atomic E-state index is 0.182. The normalized spacial score (nSPS) is 12.6. The second kappa shape index (κ2) is 19.3. The van der Waals surface area contributed by atoms with Crippen molar-refractivity contribution in [1.29, 1.82) is 0 Å². The Kier molecular flexibility index (Phi) is 16.5. The third-order valence-electron chi connectivity index (χ3n) is 4.96. The summed E-state index contributed by atoms with van der Waals surface area (Å²) in [4.78, 5) is 81.3. The molecule has 1 aromatic rings. The molecule has 0 saturated carbocycles. The number of aliphatic carboxylic acids is 2. The van der Waals surface area contributed by atoms with Crippen LogP contribution in [0.3, 0.4) is 0 Å². The topological polar surface area (TPSA) is 217 Å². The summed E-state index contributed by atoms with van der Waals surface area (Å²) in [6.45, 7) is 2.55. The quantitative estimate of drug-likeness (QED) is 0.0595. The number of rotatable bonds is 21. The van der Waals surface area contributed by atoms with Crippen LogP contribution in [0.5, 0.6) is 0 Å². The maximum atomic E-state index is 12.8. The van der Waals surface area contributed by atoms with E-state index < -0.39 is 60.6 Å². The Hall–Kier alpha value is -3.79. The van der Waals surface area contributed by atoms with E-state index in [1.54, 1.807) is 31.2 Å². The molecule has 1 unspecified atom stereocenters. The van der Waals surface area contributed by atoms with Crippen LogP contribution >= 0.6 is 21.6 Å². The van der Waals surface area contributed by atoms with E-state index in [9.17, 15) is 43.8 Å². The van der Waals surface area contributed by atoms with Gasteiger partial charge in [-0.25, -0.2) is 0 Å². The number of carboxylic acid groups (broad SMARTS) is 2. The molecule has 6 N–H and O–H groups in total. The highest BCUT2D eigenvalue weighted by Gasteiger charge is 2.30. The molecule has 0 radical (unpaired) electrons. The van der Waals surface area contributed by atoms with Gasteiger partial charge in [-0.3, -0.25) is 33.6 Å². The summed E-state index contributed by atoms with van der Waals surface area (Å²) in [5.41, 5.74) is 1.35. The number of ether oxygens (including phenoxy) is 1. The second-order valence-electron chi connectivity index (χ2n) is 8.35. The fourth-order valence-corrected chi connectivity index (χ4v) is 5.25. The van der Waals surface area contributed by atoms with Gasteiger partial charge in [0, 0.05) is 24.1 Å². The second-order valence-corrected chi connectivity index (χ2v) is 11.0. The molecule has 0 aromatic heterocycles. The molecule has 1 rings (SSSR count). The SMILES string of the molecule is C[C@H](CSSCCOC=O)NC(=O)[C@H](CC(=O)O)NC(=O)C(CC(=O)O)NC(=O)Cc1ccc(CNC=O)cc1. The van der Waals surface area contributed by atoms with Gasteiger partial charge < -0.3 is 36.2 Å². The van der Waals surface area contributed by atoms with Gasteiger partial charge in [-0.2, -0.15) is 0 Å². The summed E-state index contributed by atoms with van der Waals surface area (Å²) < 4.78 is 4.57. The van der Waals surface area contributed by atoms with Crippen molar-refractivity contribution >= 4 is 64.1 Å². The highest BCUT2D eigenvalue weighted by molar-refractivity contribution is 8.76. The van der Waals surface area contributed by atoms with Crippen molar-refractivity contribution in [2.75, 3.05) is 18.1 Å². The predicted octanol–water partition coefficient (Wildman–Crippen LogP) is -0.547. The van der Waals surface area contributed by atoms with E-state index in [1.807, 2.05) is 0 Å². The van der Waals surface area contributed by atoms with Gasteiger partial charge >= 0.3 is 11.9 Å². The third kappa shape index (κ3) is 15.0. The summed E-state index contributed by atoms with van der Waals surface area (Å²) in [7, 11) is 2.79. The Balaban J connectivity index is 2.77. The molecule has 0 aliphatic rings. The zero-order valence-corrected chi connectivity index (χ0v) is 23.3. The number of carboxylic acids is 2. The summed E-state index contributed by atoms with van der Waals surface area (Å²) in [5, 5.41) is 28.1. The first-order chi connectivity index (χ1) is 19.0. The van der Waals surface area contributed by atoms with Crippen molar-refractivity contribution in [2.45, 2.75) is 50.9 Å². The lowest BCUT2D eigenvalue weighted by molar-refractivity contribution is -0.143. The monoisotopic (exact) mass is 600 g/mol. The molecule has 3 atom stereocenters. The van der Waals surface area contributed by atoms with E-state index in [-0.39, 0.29) is 13.0 Å². The standard InChI is InChI=1S/C24H32N4O10S2/c1-15(12-40-39-7-6-38-14-30)26-23(36)19(10-22(34)35)28-24(37)18(9-21(32)33)27-20(31)8-16-2-4-17(5-3-16)11-25-13-29/h2-5,13-15,18-19H,6-12H2,1H3,(H,25,29)(H,26,36)(H,27,31)(H,28,37)(H,32,33)(H,34,35)/t15-,18?,19+/m1/s1. The van der Waals surface area contributed by atoms with Crippen LogP contribution in [0.15, 0.2) is 24.3 Å². The van der Waals surface area contributed by atoms with Gasteiger partial charge in [0.05, 0.1) is 19.3 Å². The highest BCUT2D eigenvalue weighted by Crippen LogP contribution is 2.21. The van der Waals surface area contributed by atoms with Crippen LogP contribution in [0, 0.1) is 0 Å². The molecule has 14 nitrogen and oxygen atoms in total. The first kappa shape index (κ1) is 34.2. The molecule has 0 saturated heterocycles. The average molecular weight is 601 g/mol. The maximum Gasteiger partial charge on any atom is 0.305 e. The van der Waals surface area contributed by atoms with Crippen LogP contribution in [0.2, 0.25) is 0 Å². The predicted molar refractivity (Wildman–Crippen MR) is 146 cm³/mol. The smallest absolute Gasteiger partial charge is 0.305 e. The first-order valence-corrected chi connectivity index (χ1v) is 14.4. The summed E-state index contributed by atoms with van der Waals surface area (Å²) in [5.74, 6) is -4.30. The van der Waals surface area contributed by atoms with Gasteiger partial charge in [0.15, 0.2) is 0 Å². The Bertz CT molecular complexity index is 1030. The average Bonchev–Trinajstić information content (AvgIpc) is 2.88. The number of nitrogens with one attached hydrogen (secondary N) is 4. The highest BCUT2D eigenvalue weighted by atomic mass is 33.1. The lowest BCUT2D eigenvalue weighted by atomic mass is 10.1. The molecular formula is C24H32N4O10S2. The Labute approximate surface area is 238 Å². The fraction of sp³-hybridized carbons (Fsp3) is 0.458. The van der Waals surface area contributed by atoms with Crippen molar-refractivity contribution in [2.24, 2.45) is 0 Å². The molecule has 0 spiro atoms. The molecule has 4 amide bonds. The zero-order valence-electron chi connectivity index (χ0n) is 21.6. The van der Waals surface area contributed by atoms with Gasteiger partial charge in [-0.15, -0.1) is 0 Å². The molecule has 1 aromatic carbocycles. The zero-order chi connectivity index (χ0) is 29.9. The Morgan fingerprint density at radius 1 is 0.875 bits per heavy atom. The number of hydrogen-bond acceptors (Lipinski definition) is 10. The lowest BCUT2D eigenvalue weighted by Crippen LogP contribution is -2.56. The lowest BCUT2D eigenvalue weighted by Gasteiger charge is -2.23. The van der Waals surface area contributed by atoms with E-state index in [0.717, 1.165) is 5.56 Å². The van der Waals surface area contributed by atoms with E-state index in [4.69, 9.17) is 0 Å². The van der Waals surface area contributed by atoms with Crippen molar-refractivity contribution in [1.82, 2.24) is 21.3 Å². The van der Waals surface area contributed by atoms with E-state index in [0.29, 0.717) is 36.5 Å². The van der Waals surface area contributed by atoms with Gasteiger partial charge in [0.1, 0.15) is 18.7 Å². The van der Waals surface area contributed by atoms with E-state index in [2.05, 4.69) is 26.0 Å². The number of carbonyl (C=O) groups is 7. The number of hydrogen-bond donors (Lipinski definition) is 6. The Morgan fingerprint density at radius 3 is 2.02 bits per heavy atom. The third-order valence-corrected chi connectivity index (χ3v) is 7.51. The number of carbonyl (C=O) groups excluding carboxylic acids is 5. The molecule has 16 heteroatoms. The van der Waals surface area contributed by atoms with E-state index >= 15 is 0 Å². The largest absolute Gasteiger partial charge is 0.481 e. The molecular weight excluding hydrogens is 568 g/mol. The molecule has 0 fully saturated rings. The van der Waals surface area contributed by atoms with Crippen molar-refractivity contribution in [3.05, 3.63) is 35.4 Å². The summed E-state index contributed by atoms with van der Waals surface area (Å²) >= 11 is 0. The minimum atomic E-state index is -1.57. The minimum Gasteiger partial charge on any atom is -0.481 e. The summed E-state index contributed by atoms with van der Waals surface area (Å²) in [6.07, 6.45) is -1.20. The number of amides is 4. The van der Waals surface area contributed by atoms with Gasteiger partial charge in [-0.1, -0.05) is 45.9 Å². The maximum absolute atomic E-state index is 12.8. The fourth-order valence-electron chi connectivity index (χ4n) is 3.13. The van der Waals surface area contributed by atoms with Crippen LogP contribution in [0.25, 0.3) is 0 Å². The molecule has 220 valence electrons. The van der Waals surface area contributed by atoms with Crippen LogP contribution in [0.4, 0.5) is 0 Å². The van der Waals surface area contributed by atoms with Crippen LogP contribution in [0.1, 0.15) is 30.9 Å². The van der Waals surface area contributed by atoms with Crippen LogP contribution in [-0.4, -0.2) is 89.0 Å². The van der Waals surface area contributed by atoms with Crippen LogP contribution in [-0.2, 0) is 51.3 Å². The molecule has 0 heterocycles. The molecule has 40 heavy (non-hydrogen) atoms. The van der Waals surface area contributed by atoms with Crippen molar-refractivity contribution in [3.8, 4) is 0 Å². The van der Waals surface area contributed by atoms with Crippen molar-refractivity contribution < 1.29 is 48.5 Å². The number of benzene rings is 1. The Morgan fingerprint density at radius 2 is 1.45 bits per heavy atom. The van der Waals surface area contributed by atoms with Crippen molar-refractivity contribution in [3.63, 3.8) is 0 Å². The first-order valence-electron chi connectivity index (χ1n) is 11.9. The van der Waals surface area contributed by atoms with Crippen LogP contribution < -0.4 is 21.3 Å². The molecule has 0 aliphatic carbocycles. The van der Waals surface area contributed by atoms with Gasteiger partial charge in [0.25, 0.3) is 6.47 Å². The van der Waals surface area contributed by atoms with E-state index in [1.165, 1.54) is 21.6 Å². The summed E-state index contributed by atoms with van der Waals surface area (Å²) in [6, 6.07) is 3.15. The molecule has 0 bridgehead atoms.